The highest BCUT2D eigenvalue weighted by molar-refractivity contribution is 8.01. The molecule has 0 aliphatic carbocycles. The molecular weight excluding hydrogens is 536 g/mol. The Bertz CT molecular complexity index is 1790. The number of nitrogens with zero attached hydrogens (tertiary/aromatic N) is 3. The normalized spacial score (nSPS) is 13.1. The molecule has 3 aromatic heterocycles. The van der Waals surface area contributed by atoms with Crippen molar-refractivity contribution in [1.29, 1.82) is 5.26 Å². The van der Waals surface area contributed by atoms with Crippen molar-refractivity contribution in [2.45, 2.75) is 16.0 Å². The number of nitrogens with one attached hydrogen (secondary N) is 1. The van der Waals surface area contributed by atoms with Crippen LogP contribution in [-0.2, 0) is 11.3 Å². The summed E-state index contributed by atoms with van der Waals surface area (Å²) in [4.78, 5) is 43.8. The minimum atomic E-state index is -0.542. The Kier molecular flexibility index (Phi) is 6.32. The lowest BCUT2D eigenvalue weighted by atomic mass is 10.1. The number of amides is 3. The van der Waals surface area contributed by atoms with Crippen LogP contribution in [-0.4, -0.2) is 22.7 Å². The predicted octanol–water partition coefficient (Wildman–Crippen LogP) is 5.66. The second kappa shape index (κ2) is 10.1. The van der Waals surface area contributed by atoms with Crippen molar-refractivity contribution in [1.82, 2.24) is 10.3 Å². The van der Waals surface area contributed by atoms with Crippen LogP contribution < -0.4 is 10.2 Å². The van der Waals surface area contributed by atoms with Crippen molar-refractivity contribution in [3.05, 3.63) is 101 Å². The molecule has 0 saturated heterocycles. The van der Waals surface area contributed by atoms with Gasteiger partial charge in [0.05, 0.1) is 39.8 Å². The molecule has 0 unspecified atom stereocenters. The molecule has 3 amide bonds. The summed E-state index contributed by atoms with van der Waals surface area (Å²) in [7, 11) is 0. The number of hydrogen-bond acceptors (Lipinski definition) is 9. The standard InChI is InChI=1S/C28H16N4O5S2/c29-14-16(25(33)30-15-19-4-3-11-36-19)12-18-8-10-24(37-18)39-28-31-22-9-7-17(13-23(22)38-28)32-26(34)20-5-1-2-6-21(20)27(32)35/h1-13H,15H2,(H,30,33)/b16-12+. The molecule has 2 aromatic carbocycles. The maximum atomic E-state index is 12.8. The van der Waals surface area contributed by atoms with Gasteiger partial charge in [-0.2, -0.15) is 5.26 Å². The van der Waals surface area contributed by atoms with E-state index in [1.807, 2.05) is 6.07 Å². The SMILES string of the molecule is N#C/C(=C\c1ccc(Sc2nc3ccc(N4C(=O)c5ccccc5C4=O)cc3s2)o1)C(=O)NCc1ccco1. The Hall–Kier alpha value is -4.92. The van der Waals surface area contributed by atoms with E-state index < -0.39 is 5.91 Å². The molecule has 0 radical (unpaired) electrons. The second-order valence-corrected chi connectivity index (χ2v) is 10.6. The van der Waals surface area contributed by atoms with Crippen LogP contribution in [0.3, 0.4) is 0 Å². The third-order valence-electron chi connectivity index (χ3n) is 5.85. The van der Waals surface area contributed by atoms with Gasteiger partial charge in [0.25, 0.3) is 17.7 Å². The Morgan fingerprint density at radius 2 is 1.87 bits per heavy atom. The number of hydrogen-bond donors (Lipinski definition) is 1. The van der Waals surface area contributed by atoms with Gasteiger partial charge in [0, 0.05) is 6.08 Å². The van der Waals surface area contributed by atoms with Gasteiger partial charge in [0.1, 0.15) is 23.2 Å². The number of imide groups is 1. The number of aromatic nitrogens is 1. The van der Waals surface area contributed by atoms with Crippen molar-refractivity contribution < 1.29 is 23.2 Å². The number of furan rings is 2. The summed E-state index contributed by atoms with van der Waals surface area (Å²) in [6.07, 6.45) is 2.87. The fraction of sp³-hybridized carbons (Fsp3) is 0.0357. The zero-order valence-electron chi connectivity index (χ0n) is 19.9. The zero-order chi connectivity index (χ0) is 26.9. The molecule has 0 fully saturated rings. The van der Waals surface area contributed by atoms with Crippen molar-refractivity contribution in [3.63, 3.8) is 0 Å². The fourth-order valence-electron chi connectivity index (χ4n) is 4.02. The van der Waals surface area contributed by atoms with Gasteiger partial charge in [-0.05, 0) is 66.4 Å². The molecule has 6 rings (SSSR count). The van der Waals surface area contributed by atoms with Gasteiger partial charge in [-0.1, -0.05) is 12.1 Å². The molecule has 9 nitrogen and oxygen atoms in total. The molecule has 0 bridgehead atoms. The Labute approximate surface area is 229 Å². The first-order valence-corrected chi connectivity index (χ1v) is 13.2. The van der Waals surface area contributed by atoms with E-state index in [-0.39, 0.29) is 23.9 Å². The summed E-state index contributed by atoms with van der Waals surface area (Å²) in [5.41, 5.74) is 1.87. The van der Waals surface area contributed by atoms with Crippen molar-refractivity contribution in [2.24, 2.45) is 0 Å². The molecule has 0 saturated carbocycles. The Balaban J connectivity index is 1.17. The van der Waals surface area contributed by atoms with Crippen molar-refractivity contribution >= 4 is 62.8 Å². The summed E-state index contributed by atoms with van der Waals surface area (Å²) < 4.78 is 12.5. The number of carbonyl (C=O) groups excluding carboxylic acids is 3. The lowest BCUT2D eigenvalue weighted by molar-refractivity contribution is -0.117. The van der Waals surface area contributed by atoms with Crippen LogP contribution in [0.5, 0.6) is 0 Å². The fourth-order valence-corrected chi connectivity index (χ4v) is 6.02. The third-order valence-corrected chi connectivity index (χ3v) is 7.85. The van der Waals surface area contributed by atoms with Crippen LogP contribution in [0.15, 0.2) is 96.8 Å². The quantitative estimate of drug-likeness (QED) is 0.156. The van der Waals surface area contributed by atoms with E-state index >= 15 is 0 Å². The molecule has 1 aliphatic rings. The Morgan fingerprint density at radius 1 is 1.08 bits per heavy atom. The molecule has 0 spiro atoms. The number of nitriles is 1. The lowest BCUT2D eigenvalue weighted by Gasteiger charge is -2.13. The highest BCUT2D eigenvalue weighted by atomic mass is 32.2. The van der Waals surface area contributed by atoms with Crippen LogP contribution in [0.2, 0.25) is 0 Å². The highest BCUT2D eigenvalue weighted by Crippen LogP contribution is 2.38. The van der Waals surface area contributed by atoms with Gasteiger partial charge in [0.2, 0.25) is 0 Å². The number of rotatable bonds is 7. The highest BCUT2D eigenvalue weighted by Gasteiger charge is 2.36. The second-order valence-electron chi connectivity index (χ2n) is 8.31. The number of anilines is 1. The molecule has 4 heterocycles. The maximum absolute atomic E-state index is 12.8. The van der Waals surface area contributed by atoms with E-state index in [0.29, 0.717) is 37.8 Å². The van der Waals surface area contributed by atoms with Gasteiger partial charge in [-0.25, -0.2) is 9.88 Å². The summed E-state index contributed by atoms with van der Waals surface area (Å²) in [5, 5.41) is 12.6. The summed E-state index contributed by atoms with van der Waals surface area (Å²) in [5.74, 6) is -0.326. The van der Waals surface area contributed by atoms with Crippen LogP contribution in [0, 0.1) is 11.3 Å². The van der Waals surface area contributed by atoms with E-state index in [2.05, 4.69) is 10.3 Å². The van der Waals surface area contributed by atoms with Gasteiger partial charge in [-0.3, -0.25) is 14.4 Å². The monoisotopic (exact) mass is 552 g/mol. The van der Waals surface area contributed by atoms with Gasteiger partial charge >= 0.3 is 0 Å². The zero-order valence-corrected chi connectivity index (χ0v) is 21.5. The molecule has 1 N–H and O–H groups in total. The average Bonchev–Trinajstić information content (AvgIpc) is 3.74. The van der Waals surface area contributed by atoms with E-state index in [9.17, 15) is 19.6 Å². The van der Waals surface area contributed by atoms with Crippen LogP contribution >= 0.6 is 23.1 Å². The molecule has 0 atom stereocenters. The first-order valence-electron chi connectivity index (χ1n) is 11.6. The van der Waals surface area contributed by atoms with E-state index in [4.69, 9.17) is 8.83 Å². The average molecular weight is 553 g/mol. The first kappa shape index (κ1) is 24.4. The first-order chi connectivity index (χ1) is 19.0. The number of thiazole rings is 1. The van der Waals surface area contributed by atoms with Crippen LogP contribution in [0.1, 0.15) is 32.2 Å². The summed E-state index contributed by atoms with van der Waals surface area (Å²) in [6, 6.07) is 20.7. The van der Waals surface area contributed by atoms with Crippen LogP contribution in [0.4, 0.5) is 5.69 Å². The van der Waals surface area contributed by atoms with Crippen LogP contribution in [0.25, 0.3) is 16.3 Å². The third kappa shape index (κ3) is 4.74. The van der Waals surface area contributed by atoms with Gasteiger partial charge < -0.3 is 14.2 Å². The van der Waals surface area contributed by atoms with Crippen molar-refractivity contribution in [3.8, 4) is 6.07 Å². The molecule has 11 heteroatoms. The van der Waals surface area contributed by atoms with Gasteiger partial charge in [0.15, 0.2) is 9.43 Å². The molecule has 1 aliphatic heterocycles. The maximum Gasteiger partial charge on any atom is 0.266 e. The summed E-state index contributed by atoms with van der Waals surface area (Å²) in [6.45, 7) is 0.163. The lowest BCUT2D eigenvalue weighted by Crippen LogP contribution is -2.29. The molecule has 39 heavy (non-hydrogen) atoms. The Morgan fingerprint density at radius 3 is 2.59 bits per heavy atom. The number of carbonyl (C=O) groups is 3. The number of fused-ring (bicyclic) bond motifs is 2. The van der Waals surface area contributed by atoms with E-state index in [0.717, 1.165) is 10.2 Å². The predicted molar refractivity (Wildman–Crippen MR) is 144 cm³/mol. The smallest absolute Gasteiger partial charge is 0.266 e. The largest absolute Gasteiger partial charge is 0.467 e. The topological polar surface area (TPSA) is 129 Å². The van der Waals surface area contributed by atoms with E-state index in [1.54, 1.807) is 66.7 Å². The number of benzene rings is 2. The van der Waals surface area contributed by atoms with Gasteiger partial charge in [-0.15, -0.1) is 11.3 Å². The van der Waals surface area contributed by atoms with E-state index in [1.165, 1.54) is 40.3 Å². The molecule has 5 aromatic rings. The minimum absolute atomic E-state index is 0.104. The van der Waals surface area contributed by atoms with Crippen molar-refractivity contribution in [2.75, 3.05) is 4.90 Å². The minimum Gasteiger partial charge on any atom is -0.467 e. The molecule has 190 valence electrons. The summed E-state index contributed by atoms with van der Waals surface area (Å²) >= 11 is 2.67. The molecular formula is C28H16N4O5S2.